The topological polar surface area (TPSA) is 74.4 Å². The van der Waals surface area contributed by atoms with Crippen LogP contribution in [-0.4, -0.2) is 62.9 Å². The Balaban J connectivity index is 1.42. The number of thiazole rings is 1. The molecule has 0 saturated carbocycles. The Morgan fingerprint density at radius 1 is 0.900 bits per heavy atom. The van der Waals surface area contributed by atoms with Crippen molar-refractivity contribution < 1.29 is 24.1 Å². The van der Waals surface area contributed by atoms with Gasteiger partial charge in [0.15, 0.2) is 0 Å². The Bertz CT molecular complexity index is 937. The van der Waals surface area contributed by atoms with Gasteiger partial charge in [-0.15, -0.1) is 11.3 Å². The first-order valence-electron chi connectivity index (χ1n) is 9.66. The third-order valence-corrected chi connectivity index (χ3v) is 5.16. The third kappa shape index (κ3) is 6.49. The minimum Gasteiger partial charge on any atom is -0.493 e. The first-order valence-corrected chi connectivity index (χ1v) is 10.5. The van der Waals surface area contributed by atoms with Crippen molar-refractivity contribution in [1.82, 2.24) is 4.98 Å². The zero-order valence-corrected chi connectivity index (χ0v) is 17.4. The number of aromatic nitrogens is 1. The molecule has 0 saturated heterocycles. The molecule has 0 radical (unpaired) electrons. The van der Waals surface area contributed by atoms with E-state index in [9.17, 15) is 0 Å². The van der Waals surface area contributed by atoms with Crippen LogP contribution in [-0.2, 0) is 14.2 Å². The lowest BCUT2D eigenvalue weighted by Gasteiger charge is -2.09. The Kier molecular flexibility index (Phi) is 9.03. The molecule has 3 aromatic rings. The molecule has 2 aromatic carbocycles. The smallest absolute Gasteiger partial charge is 0.200 e. The minimum absolute atomic E-state index is 0.0190. The van der Waals surface area contributed by atoms with Crippen molar-refractivity contribution in [3.63, 3.8) is 0 Å². The lowest BCUT2D eigenvalue weighted by molar-refractivity contribution is 0.00361. The molecule has 0 spiro atoms. The van der Waals surface area contributed by atoms with Gasteiger partial charge in [-0.2, -0.15) is 0 Å². The predicted molar refractivity (Wildman–Crippen MR) is 116 cm³/mol. The van der Waals surface area contributed by atoms with E-state index in [-0.39, 0.29) is 6.61 Å². The summed E-state index contributed by atoms with van der Waals surface area (Å²) in [4.78, 5) is 8.28. The van der Waals surface area contributed by atoms with E-state index in [4.69, 9.17) is 30.6 Å². The number of benzene rings is 2. The maximum Gasteiger partial charge on any atom is 0.200 e. The molecule has 0 amide bonds. The molecular formula is C22H24N2O5S. The summed E-state index contributed by atoms with van der Waals surface area (Å²) >= 11 is 1.58. The maximum atomic E-state index is 8.58. The van der Waals surface area contributed by atoms with E-state index in [0.29, 0.717) is 57.7 Å². The van der Waals surface area contributed by atoms with E-state index in [1.165, 1.54) is 0 Å². The highest BCUT2D eigenvalue weighted by molar-refractivity contribution is 7.21. The second kappa shape index (κ2) is 12.2. The molecule has 0 unspecified atom stereocenters. The van der Waals surface area contributed by atoms with Gasteiger partial charge in [0.25, 0.3) is 0 Å². The van der Waals surface area contributed by atoms with Crippen LogP contribution in [0.1, 0.15) is 0 Å². The number of nitrogens with zero attached hydrogens (tertiary/aromatic N) is 2. The third-order valence-electron chi connectivity index (χ3n) is 4.09. The molecule has 0 aliphatic carbocycles. The first kappa shape index (κ1) is 22.2. The fraction of sp³-hybridized carbons (Fsp3) is 0.364. The van der Waals surface area contributed by atoms with Crippen LogP contribution < -0.4 is 4.74 Å². The average Bonchev–Trinajstić information content (AvgIpc) is 3.21. The summed E-state index contributed by atoms with van der Waals surface area (Å²) in [5.74, 6) is 0.631. The van der Waals surface area contributed by atoms with Gasteiger partial charge in [0, 0.05) is 5.56 Å². The highest BCUT2D eigenvalue weighted by Crippen LogP contribution is 2.37. The molecule has 0 fully saturated rings. The molecule has 0 aliphatic heterocycles. The van der Waals surface area contributed by atoms with Gasteiger partial charge in [-0.1, -0.05) is 18.2 Å². The molecule has 30 heavy (non-hydrogen) atoms. The number of hydrogen-bond acceptors (Lipinski definition) is 7. The molecule has 1 N–H and O–H groups in total. The van der Waals surface area contributed by atoms with Crippen molar-refractivity contribution in [1.29, 1.82) is 0 Å². The summed E-state index contributed by atoms with van der Waals surface area (Å²) in [5, 5.41) is 9.41. The normalized spacial score (nSPS) is 10.9. The lowest BCUT2D eigenvalue weighted by atomic mass is 10.2. The van der Waals surface area contributed by atoms with Gasteiger partial charge in [0.1, 0.15) is 17.4 Å². The number of rotatable bonds is 13. The lowest BCUT2D eigenvalue weighted by Crippen LogP contribution is -2.13. The summed E-state index contributed by atoms with van der Waals surface area (Å²) in [6.07, 6.45) is 0. The molecule has 1 heterocycles. The SMILES string of the molecule is [C-]#[N+]c1cc(OCCOCCOCCOCCO)ccc1-c1nc2ccccc2s1. The van der Waals surface area contributed by atoms with Crippen LogP contribution >= 0.6 is 11.3 Å². The zero-order valence-electron chi connectivity index (χ0n) is 16.6. The van der Waals surface area contributed by atoms with Crippen molar-refractivity contribution in [2.45, 2.75) is 0 Å². The Hall–Kier alpha value is -2.54. The van der Waals surface area contributed by atoms with Gasteiger partial charge in [-0.05, 0) is 24.3 Å². The number of fused-ring (bicyclic) bond motifs is 1. The van der Waals surface area contributed by atoms with E-state index in [2.05, 4.69) is 9.83 Å². The van der Waals surface area contributed by atoms with Crippen LogP contribution in [0.2, 0.25) is 0 Å². The minimum atomic E-state index is 0.0190. The molecule has 3 rings (SSSR count). The molecular weight excluding hydrogens is 404 g/mol. The predicted octanol–water partition coefficient (Wildman–Crippen LogP) is 3.93. The number of aliphatic hydroxyl groups excluding tert-OH is 1. The van der Waals surface area contributed by atoms with E-state index in [1.54, 1.807) is 17.4 Å². The monoisotopic (exact) mass is 428 g/mol. The van der Waals surface area contributed by atoms with Gasteiger partial charge < -0.3 is 24.1 Å². The van der Waals surface area contributed by atoms with E-state index >= 15 is 0 Å². The van der Waals surface area contributed by atoms with Crippen molar-refractivity contribution in [3.8, 4) is 16.3 Å². The second-order valence-corrected chi connectivity index (χ2v) is 7.22. The second-order valence-electron chi connectivity index (χ2n) is 6.19. The zero-order chi connectivity index (χ0) is 21.0. The standard InChI is InChI=1S/C22H24N2O5S/c1-23-20-16-17(29-15-14-28-13-12-27-11-10-26-9-8-25)6-7-18(20)22-24-19-4-2-3-5-21(19)30-22/h2-7,16,25H,8-15H2. The number of para-hydroxylation sites is 1. The summed E-state index contributed by atoms with van der Waals surface area (Å²) in [7, 11) is 0. The molecule has 0 aliphatic rings. The molecule has 8 heteroatoms. The van der Waals surface area contributed by atoms with Gasteiger partial charge in [0.2, 0.25) is 5.69 Å². The van der Waals surface area contributed by atoms with Crippen LogP contribution in [0.3, 0.4) is 0 Å². The van der Waals surface area contributed by atoms with Gasteiger partial charge in [-0.25, -0.2) is 9.83 Å². The first-order chi connectivity index (χ1) is 14.8. The molecule has 158 valence electrons. The number of ether oxygens (including phenoxy) is 4. The van der Waals surface area contributed by atoms with Crippen molar-refractivity contribution in [3.05, 3.63) is 53.9 Å². The Morgan fingerprint density at radius 2 is 1.60 bits per heavy atom. The quantitative estimate of drug-likeness (QED) is 0.328. The highest BCUT2D eigenvalue weighted by Gasteiger charge is 2.12. The van der Waals surface area contributed by atoms with E-state index in [1.807, 2.05) is 36.4 Å². The fourth-order valence-electron chi connectivity index (χ4n) is 2.69. The van der Waals surface area contributed by atoms with Crippen LogP contribution in [0, 0.1) is 6.57 Å². The van der Waals surface area contributed by atoms with Gasteiger partial charge in [-0.3, -0.25) is 0 Å². The van der Waals surface area contributed by atoms with E-state index < -0.39 is 0 Å². The van der Waals surface area contributed by atoms with Gasteiger partial charge in [0.05, 0.1) is 63.0 Å². The number of hydrogen-bond donors (Lipinski definition) is 1. The summed E-state index contributed by atoms with van der Waals surface area (Å²) in [5.41, 5.74) is 2.27. The summed E-state index contributed by atoms with van der Waals surface area (Å²) in [6.45, 7) is 10.5. The largest absolute Gasteiger partial charge is 0.493 e. The summed E-state index contributed by atoms with van der Waals surface area (Å²) < 4.78 is 22.7. The van der Waals surface area contributed by atoms with Gasteiger partial charge >= 0.3 is 0 Å². The van der Waals surface area contributed by atoms with Crippen LogP contribution in [0.4, 0.5) is 5.69 Å². The molecule has 0 bridgehead atoms. The molecule has 0 atom stereocenters. The number of aliphatic hydroxyl groups is 1. The highest BCUT2D eigenvalue weighted by atomic mass is 32.1. The summed E-state index contributed by atoms with van der Waals surface area (Å²) in [6, 6.07) is 13.4. The van der Waals surface area contributed by atoms with Crippen LogP contribution in [0.25, 0.3) is 25.6 Å². The van der Waals surface area contributed by atoms with Crippen LogP contribution in [0.15, 0.2) is 42.5 Å². The Labute approximate surface area is 179 Å². The van der Waals surface area contributed by atoms with Crippen molar-refractivity contribution >= 4 is 27.2 Å². The van der Waals surface area contributed by atoms with E-state index in [0.717, 1.165) is 20.8 Å². The van der Waals surface area contributed by atoms with Crippen molar-refractivity contribution in [2.75, 3.05) is 52.9 Å². The van der Waals surface area contributed by atoms with Crippen LogP contribution in [0.5, 0.6) is 5.75 Å². The maximum absolute atomic E-state index is 8.58. The van der Waals surface area contributed by atoms with Crippen molar-refractivity contribution in [2.24, 2.45) is 0 Å². The average molecular weight is 429 g/mol. The fourth-order valence-corrected chi connectivity index (χ4v) is 3.69. The molecule has 1 aromatic heterocycles. The Morgan fingerprint density at radius 3 is 2.30 bits per heavy atom. The molecule has 7 nitrogen and oxygen atoms in total.